The van der Waals surface area contributed by atoms with Gasteiger partial charge >= 0.3 is 17.8 Å². The fraction of sp³-hybridized carbons (Fsp3) is 0.100. The average Bonchev–Trinajstić information content (AvgIpc) is 2.37. The van der Waals surface area contributed by atoms with Crippen molar-refractivity contribution in [1.29, 1.82) is 0 Å². The first-order chi connectivity index (χ1) is 9.29. The zero-order chi connectivity index (χ0) is 14.9. The second-order valence-electron chi connectivity index (χ2n) is 3.70. The van der Waals surface area contributed by atoms with E-state index in [1.807, 2.05) is 4.72 Å². The van der Waals surface area contributed by atoms with E-state index in [-0.39, 0.29) is 15.6 Å². The SMILES string of the molecule is O=C(O)CNS(=O)(=O)c1ccc2c(c1)=NC(=O)C(=O)N=2. The lowest BCUT2D eigenvalue weighted by Crippen LogP contribution is -2.36. The molecule has 9 nitrogen and oxygen atoms in total. The number of hydrogen-bond acceptors (Lipinski definition) is 5. The lowest BCUT2D eigenvalue weighted by molar-refractivity contribution is -0.135. The Morgan fingerprint density at radius 2 is 1.75 bits per heavy atom. The highest BCUT2D eigenvalue weighted by molar-refractivity contribution is 7.89. The van der Waals surface area contributed by atoms with Gasteiger partial charge in [-0.15, -0.1) is 0 Å². The van der Waals surface area contributed by atoms with Gasteiger partial charge in [-0.1, -0.05) is 0 Å². The number of fused-ring (bicyclic) bond motifs is 1. The van der Waals surface area contributed by atoms with Gasteiger partial charge in [0, 0.05) is 0 Å². The Labute approximate surface area is 111 Å². The summed E-state index contributed by atoms with van der Waals surface area (Å²) in [5.41, 5.74) is 0. The maximum absolute atomic E-state index is 11.8. The van der Waals surface area contributed by atoms with Crippen molar-refractivity contribution in [2.75, 3.05) is 6.54 Å². The van der Waals surface area contributed by atoms with E-state index in [0.29, 0.717) is 0 Å². The monoisotopic (exact) mass is 297 g/mol. The summed E-state index contributed by atoms with van der Waals surface area (Å²) in [6, 6.07) is 3.37. The molecule has 0 fully saturated rings. The van der Waals surface area contributed by atoms with Crippen molar-refractivity contribution < 1.29 is 27.9 Å². The molecule has 10 heteroatoms. The zero-order valence-electron chi connectivity index (χ0n) is 9.73. The van der Waals surface area contributed by atoms with Gasteiger partial charge in [0.15, 0.2) is 0 Å². The molecule has 2 N–H and O–H groups in total. The van der Waals surface area contributed by atoms with Crippen LogP contribution in [0.2, 0.25) is 0 Å². The molecule has 1 aliphatic heterocycles. The van der Waals surface area contributed by atoms with Gasteiger partial charge in [-0.2, -0.15) is 4.72 Å². The van der Waals surface area contributed by atoms with Gasteiger partial charge in [0.25, 0.3) is 0 Å². The quantitative estimate of drug-likeness (QED) is 0.581. The smallest absolute Gasteiger partial charge is 0.338 e. The molecule has 0 unspecified atom stereocenters. The first kappa shape index (κ1) is 14.0. The predicted octanol–water partition coefficient (Wildman–Crippen LogP) is -2.64. The minimum atomic E-state index is -4.05. The number of benzene rings is 1. The summed E-state index contributed by atoms with van der Waals surface area (Å²) < 4.78 is 25.4. The second-order valence-corrected chi connectivity index (χ2v) is 5.47. The Kier molecular flexibility index (Phi) is 3.42. The zero-order valence-corrected chi connectivity index (χ0v) is 10.5. The molecule has 0 bridgehead atoms. The van der Waals surface area contributed by atoms with Gasteiger partial charge in [-0.05, 0) is 18.2 Å². The number of carbonyl (C=O) groups is 3. The highest BCUT2D eigenvalue weighted by Crippen LogP contribution is 2.03. The Hall–Kier alpha value is -2.46. The van der Waals surface area contributed by atoms with Crippen LogP contribution in [0.4, 0.5) is 0 Å². The summed E-state index contributed by atoms with van der Waals surface area (Å²) in [6.07, 6.45) is 0. The normalized spacial score (nSPS) is 14.2. The summed E-state index contributed by atoms with van der Waals surface area (Å²) in [5, 5.41) is 8.45. The van der Waals surface area contributed by atoms with Crippen LogP contribution >= 0.6 is 0 Å². The summed E-state index contributed by atoms with van der Waals surface area (Å²) >= 11 is 0. The summed E-state index contributed by atoms with van der Waals surface area (Å²) in [7, 11) is -4.05. The summed E-state index contributed by atoms with van der Waals surface area (Å²) in [6.45, 7) is -0.779. The molecule has 1 aliphatic rings. The number of amides is 2. The van der Waals surface area contributed by atoms with Crippen molar-refractivity contribution in [3.05, 3.63) is 28.9 Å². The first-order valence-electron chi connectivity index (χ1n) is 5.17. The van der Waals surface area contributed by atoms with Gasteiger partial charge in [0.05, 0.1) is 15.6 Å². The third kappa shape index (κ3) is 2.75. The van der Waals surface area contributed by atoms with Gasteiger partial charge in [-0.25, -0.2) is 18.4 Å². The molecule has 1 heterocycles. The average molecular weight is 297 g/mol. The molecular weight excluding hydrogens is 290 g/mol. The van der Waals surface area contributed by atoms with Crippen molar-refractivity contribution in [2.45, 2.75) is 4.90 Å². The topological polar surface area (TPSA) is 142 Å². The minimum absolute atomic E-state index is 0.0622. The number of rotatable bonds is 4. The number of aliphatic carboxylic acids is 1. The molecule has 20 heavy (non-hydrogen) atoms. The second kappa shape index (κ2) is 4.90. The van der Waals surface area contributed by atoms with E-state index in [4.69, 9.17) is 5.11 Å². The van der Waals surface area contributed by atoms with Crippen LogP contribution in [0.5, 0.6) is 0 Å². The lowest BCUT2D eigenvalue weighted by Gasteiger charge is -2.05. The molecule has 0 aliphatic carbocycles. The molecule has 2 amide bonds. The maximum atomic E-state index is 11.8. The van der Waals surface area contributed by atoms with Crippen LogP contribution in [-0.2, 0) is 24.4 Å². The van der Waals surface area contributed by atoms with E-state index in [1.165, 1.54) is 6.07 Å². The predicted molar refractivity (Wildman–Crippen MR) is 61.6 cm³/mol. The Bertz CT molecular complexity index is 842. The van der Waals surface area contributed by atoms with Crippen LogP contribution in [0.3, 0.4) is 0 Å². The number of sulfonamides is 1. The van der Waals surface area contributed by atoms with Crippen LogP contribution in [0.1, 0.15) is 0 Å². The van der Waals surface area contributed by atoms with E-state index in [1.54, 1.807) is 0 Å². The van der Waals surface area contributed by atoms with E-state index in [2.05, 4.69) is 9.98 Å². The highest BCUT2D eigenvalue weighted by Gasteiger charge is 2.19. The van der Waals surface area contributed by atoms with Crippen LogP contribution < -0.4 is 15.4 Å². The van der Waals surface area contributed by atoms with Crippen molar-refractivity contribution >= 4 is 27.8 Å². The van der Waals surface area contributed by atoms with Gasteiger partial charge in [0.1, 0.15) is 6.54 Å². The van der Waals surface area contributed by atoms with Crippen molar-refractivity contribution in [1.82, 2.24) is 4.72 Å². The van der Waals surface area contributed by atoms with Gasteiger partial charge < -0.3 is 5.11 Å². The minimum Gasteiger partial charge on any atom is -0.480 e. The van der Waals surface area contributed by atoms with Gasteiger partial charge in [-0.3, -0.25) is 14.4 Å². The lowest BCUT2D eigenvalue weighted by atomic mass is 10.3. The number of nitrogens with zero attached hydrogens (tertiary/aromatic N) is 2. The molecule has 104 valence electrons. The molecule has 0 saturated carbocycles. The fourth-order valence-electron chi connectivity index (χ4n) is 1.41. The van der Waals surface area contributed by atoms with Crippen molar-refractivity contribution in [2.24, 2.45) is 9.98 Å². The Balaban J connectivity index is 2.48. The summed E-state index contributed by atoms with van der Waals surface area (Å²) in [5.74, 6) is -3.46. The molecule has 0 aromatic heterocycles. The third-order valence-corrected chi connectivity index (χ3v) is 3.70. The third-order valence-electron chi connectivity index (χ3n) is 2.30. The van der Waals surface area contributed by atoms with Crippen LogP contribution in [0.15, 0.2) is 33.1 Å². The Morgan fingerprint density at radius 3 is 2.35 bits per heavy atom. The molecule has 2 rings (SSSR count). The number of hydrogen-bond donors (Lipinski definition) is 2. The highest BCUT2D eigenvalue weighted by atomic mass is 32.2. The standard InChI is InChI=1S/C10H7N3O6S/c14-8(15)4-11-20(18,19)5-1-2-6-7(3-5)13-10(17)9(16)12-6/h1-3,11H,4H2,(H,14,15). The van der Waals surface area contributed by atoms with Gasteiger partial charge in [0.2, 0.25) is 10.0 Å². The molecule has 0 saturated heterocycles. The van der Waals surface area contributed by atoms with Crippen LogP contribution in [0, 0.1) is 0 Å². The number of carbonyl (C=O) groups excluding carboxylic acids is 2. The molecule has 0 radical (unpaired) electrons. The molecule has 0 spiro atoms. The van der Waals surface area contributed by atoms with E-state index in [0.717, 1.165) is 12.1 Å². The fourth-order valence-corrected chi connectivity index (χ4v) is 2.40. The number of carboxylic acids is 1. The molecule has 1 aromatic carbocycles. The largest absolute Gasteiger partial charge is 0.480 e. The van der Waals surface area contributed by atoms with E-state index < -0.39 is 34.4 Å². The van der Waals surface area contributed by atoms with E-state index >= 15 is 0 Å². The van der Waals surface area contributed by atoms with E-state index in [9.17, 15) is 22.8 Å². The molecule has 0 atom stereocenters. The van der Waals surface area contributed by atoms with Crippen molar-refractivity contribution in [3.8, 4) is 0 Å². The molecular formula is C10H7N3O6S. The van der Waals surface area contributed by atoms with Crippen LogP contribution in [0.25, 0.3) is 0 Å². The maximum Gasteiger partial charge on any atom is 0.338 e. The number of nitrogens with one attached hydrogen (secondary N) is 1. The first-order valence-corrected chi connectivity index (χ1v) is 6.65. The molecule has 1 aromatic rings. The van der Waals surface area contributed by atoms with Crippen molar-refractivity contribution in [3.63, 3.8) is 0 Å². The number of carboxylic acid groups (broad SMARTS) is 1. The summed E-state index contributed by atoms with van der Waals surface area (Å²) in [4.78, 5) is 39.0. The Morgan fingerprint density at radius 1 is 1.15 bits per heavy atom. The van der Waals surface area contributed by atoms with Crippen LogP contribution in [-0.4, -0.2) is 37.9 Å².